The van der Waals surface area contributed by atoms with Crippen LogP contribution in [0.5, 0.6) is 0 Å². The number of aliphatic hydroxyl groups excluding tert-OH is 1. The van der Waals surface area contributed by atoms with Crippen LogP contribution >= 0.6 is 11.8 Å². The van der Waals surface area contributed by atoms with E-state index < -0.39 is 5.82 Å². The van der Waals surface area contributed by atoms with Gasteiger partial charge in [-0.1, -0.05) is 29.7 Å². The first kappa shape index (κ1) is 12.8. The van der Waals surface area contributed by atoms with Crippen molar-refractivity contribution in [2.24, 2.45) is 0 Å². The molecule has 0 fully saturated rings. The minimum atomic E-state index is -0.419. The van der Waals surface area contributed by atoms with Crippen LogP contribution in [0, 0.1) is 17.7 Å². The molecule has 1 aromatic carbocycles. The molecule has 16 heavy (non-hydrogen) atoms. The van der Waals surface area contributed by atoms with Gasteiger partial charge in [0.15, 0.2) is 5.12 Å². The third-order valence-corrected chi connectivity index (χ3v) is 2.48. The van der Waals surface area contributed by atoms with Gasteiger partial charge in [-0.2, -0.15) is 0 Å². The highest BCUT2D eigenvalue weighted by molar-refractivity contribution is 8.13. The van der Waals surface area contributed by atoms with Crippen LogP contribution < -0.4 is 0 Å². The summed E-state index contributed by atoms with van der Waals surface area (Å²) in [6.45, 7) is 1.32. The minimum absolute atomic E-state index is 0.0149. The van der Waals surface area contributed by atoms with Gasteiger partial charge in [0.25, 0.3) is 0 Å². The second-order valence-corrected chi connectivity index (χ2v) is 4.21. The Morgan fingerprint density at radius 2 is 2.31 bits per heavy atom. The molecule has 0 aliphatic heterocycles. The van der Waals surface area contributed by atoms with Crippen LogP contribution in [-0.2, 0) is 11.4 Å². The average Bonchev–Trinajstić information content (AvgIpc) is 2.26. The molecule has 0 atom stereocenters. The van der Waals surface area contributed by atoms with E-state index in [0.29, 0.717) is 11.3 Å². The third-order valence-electron chi connectivity index (χ3n) is 1.78. The first-order chi connectivity index (χ1) is 7.63. The van der Waals surface area contributed by atoms with E-state index in [-0.39, 0.29) is 17.3 Å². The summed E-state index contributed by atoms with van der Waals surface area (Å²) >= 11 is 1.08. The highest BCUT2D eigenvalue weighted by Crippen LogP contribution is 2.09. The van der Waals surface area contributed by atoms with Crippen molar-refractivity contribution in [3.05, 3.63) is 35.1 Å². The van der Waals surface area contributed by atoms with Crippen LogP contribution in [0.1, 0.15) is 18.1 Å². The monoisotopic (exact) mass is 238 g/mol. The van der Waals surface area contributed by atoms with Crippen LogP contribution in [0.15, 0.2) is 18.2 Å². The fraction of sp³-hybridized carbons (Fsp3) is 0.250. The van der Waals surface area contributed by atoms with E-state index in [9.17, 15) is 9.18 Å². The maximum atomic E-state index is 13.2. The molecule has 0 bridgehead atoms. The highest BCUT2D eigenvalue weighted by Gasteiger charge is 2.00. The van der Waals surface area contributed by atoms with Crippen molar-refractivity contribution in [3.8, 4) is 11.8 Å². The Balaban J connectivity index is 2.75. The van der Waals surface area contributed by atoms with E-state index in [1.807, 2.05) is 0 Å². The molecule has 0 spiro atoms. The lowest BCUT2D eigenvalue weighted by atomic mass is 10.1. The van der Waals surface area contributed by atoms with Crippen molar-refractivity contribution in [1.82, 2.24) is 0 Å². The summed E-state index contributed by atoms with van der Waals surface area (Å²) in [6, 6.07) is 4.28. The molecular formula is C12H11FO2S. The SMILES string of the molecule is CC(=O)SCC#Cc1cc(CO)ccc1F. The summed E-state index contributed by atoms with van der Waals surface area (Å²) < 4.78 is 13.2. The van der Waals surface area contributed by atoms with Crippen molar-refractivity contribution in [2.75, 3.05) is 5.75 Å². The van der Waals surface area contributed by atoms with Crippen molar-refractivity contribution < 1.29 is 14.3 Å². The van der Waals surface area contributed by atoms with Gasteiger partial charge in [-0.05, 0) is 17.7 Å². The molecule has 1 N–H and O–H groups in total. The lowest BCUT2D eigenvalue weighted by Gasteiger charge is -1.98. The van der Waals surface area contributed by atoms with Gasteiger partial charge >= 0.3 is 0 Å². The number of aliphatic hydroxyl groups is 1. The minimum Gasteiger partial charge on any atom is -0.392 e. The van der Waals surface area contributed by atoms with Gasteiger partial charge in [-0.25, -0.2) is 4.39 Å². The zero-order valence-electron chi connectivity index (χ0n) is 8.79. The summed E-state index contributed by atoms with van der Waals surface area (Å²) in [5, 5.41) is 8.86. The van der Waals surface area contributed by atoms with Gasteiger partial charge in [-0.3, -0.25) is 4.79 Å². The molecule has 0 heterocycles. The Morgan fingerprint density at radius 1 is 1.56 bits per heavy atom. The summed E-state index contributed by atoms with van der Waals surface area (Å²) in [6.07, 6.45) is 0. The molecule has 0 radical (unpaired) electrons. The zero-order valence-corrected chi connectivity index (χ0v) is 9.60. The first-order valence-corrected chi connectivity index (χ1v) is 5.63. The summed E-state index contributed by atoms with van der Waals surface area (Å²) in [5.41, 5.74) is 0.862. The first-order valence-electron chi connectivity index (χ1n) is 4.65. The lowest BCUT2D eigenvalue weighted by molar-refractivity contribution is -0.109. The Bertz CT molecular complexity index is 446. The number of carbonyl (C=O) groups is 1. The fourth-order valence-electron chi connectivity index (χ4n) is 1.04. The van der Waals surface area contributed by atoms with E-state index >= 15 is 0 Å². The molecule has 0 aromatic heterocycles. The molecule has 0 saturated heterocycles. The number of hydrogen-bond donors (Lipinski definition) is 1. The van der Waals surface area contributed by atoms with Crippen LogP contribution in [0.2, 0.25) is 0 Å². The maximum Gasteiger partial charge on any atom is 0.186 e. The Hall–Kier alpha value is -1.31. The van der Waals surface area contributed by atoms with Crippen LogP contribution in [0.4, 0.5) is 4.39 Å². The predicted octanol–water partition coefficient (Wildman–Crippen LogP) is 1.95. The molecule has 0 unspecified atom stereocenters. The van der Waals surface area contributed by atoms with Crippen molar-refractivity contribution >= 4 is 16.9 Å². The number of thioether (sulfide) groups is 1. The van der Waals surface area contributed by atoms with Gasteiger partial charge in [0.1, 0.15) is 5.82 Å². The molecule has 0 aliphatic carbocycles. The predicted molar refractivity (Wildman–Crippen MR) is 62.3 cm³/mol. The van der Waals surface area contributed by atoms with Crippen LogP contribution in [0.3, 0.4) is 0 Å². The molecule has 1 rings (SSSR count). The molecule has 0 saturated carbocycles. The van der Waals surface area contributed by atoms with E-state index in [4.69, 9.17) is 5.11 Å². The number of hydrogen-bond acceptors (Lipinski definition) is 3. The van der Waals surface area contributed by atoms with Crippen molar-refractivity contribution in [1.29, 1.82) is 0 Å². The Labute approximate surface area is 97.9 Å². The zero-order chi connectivity index (χ0) is 12.0. The molecule has 84 valence electrons. The van der Waals surface area contributed by atoms with Crippen molar-refractivity contribution in [3.63, 3.8) is 0 Å². The second-order valence-electron chi connectivity index (χ2n) is 3.05. The van der Waals surface area contributed by atoms with Gasteiger partial charge in [0.05, 0.1) is 17.9 Å². The molecule has 4 heteroatoms. The quantitative estimate of drug-likeness (QED) is 0.800. The molecule has 0 aliphatic rings. The maximum absolute atomic E-state index is 13.2. The summed E-state index contributed by atoms with van der Waals surface area (Å²) in [4.78, 5) is 10.6. The third kappa shape index (κ3) is 4.05. The summed E-state index contributed by atoms with van der Waals surface area (Å²) in [5.74, 6) is 5.26. The second kappa shape index (κ2) is 6.31. The Kier molecular flexibility index (Phi) is 5.03. The van der Waals surface area contributed by atoms with Gasteiger partial charge < -0.3 is 5.11 Å². The topological polar surface area (TPSA) is 37.3 Å². The number of benzene rings is 1. The fourth-order valence-corrected chi connectivity index (χ4v) is 1.38. The highest BCUT2D eigenvalue weighted by atomic mass is 32.2. The molecular weight excluding hydrogens is 227 g/mol. The van der Waals surface area contributed by atoms with E-state index in [1.165, 1.54) is 25.1 Å². The molecule has 0 amide bonds. The smallest absolute Gasteiger partial charge is 0.186 e. The number of rotatable bonds is 2. The standard InChI is InChI=1S/C12H11FO2S/c1-9(15)16-6-2-3-11-7-10(8-14)4-5-12(11)13/h4-5,7,14H,6,8H2,1H3. The van der Waals surface area contributed by atoms with Gasteiger partial charge in [-0.15, -0.1) is 0 Å². The molecule has 2 nitrogen and oxygen atoms in total. The van der Waals surface area contributed by atoms with Gasteiger partial charge in [0.2, 0.25) is 0 Å². The van der Waals surface area contributed by atoms with E-state index in [1.54, 1.807) is 0 Å². The Morgan fingerprint density at radius 3 is 2.94 bits per heavy atom. The normalized spacial score (nSPS) is 9.44. The van der Waals surface area contributed by atoms with Crippen LogP contribution in [-0.4, -0.2) is 16.0 Å². The van der Waals surface area contributed by atoms with E-state index in [0.717, 1.165) is 11.8 Å². The largest absolute Gasteiger partial charge is 0.392 e. The number of halogens is 1. The van der Waals surface area contributed by atoms with Crippen LogP contribution in [0.25, 0.3) is 0 Å². The van der Waals surface area contributed by atoms with Crippen molar-refractivity contribution in [2.45, 2.75) is 13.5 Å². The van der Waals surface area contributed by atoms with E-state index in [2.05, 4.69) is 11.8 Å². The lowest BCUT2D eigenvalue weighted by Crippen LogP contribution is -1.89. The number of carbonyl (C=O) groups excluding carboxylic acids is 1. The molecule has 1 aromatic rings. The summed E-state index contributed by atoms with van der Waals surface area (Å²) in [7, 11) is 0. The van der Waals surface area contributed by atoms with Gasteiger partial charge in [0, 0.05) is 6.92 Å². The average molecular weight is 238 g/mol.